The number of fused-ring (bicyclic) bond motifs is 1. The summed E-state index contributed by atoms with van der Waals surface area (Å²) in [5.41, 5.74) is 0.910. The number of rotatable bonds is 5. The van der Waals surface area contributed by atoms with Crippen molar-refractivity contribution < 1.29 is 9.53 Å². The van der Waals surface area contributed by atoms with E-state index in [1.54, 1.807) is 4.90 Å². The van der Waals surface area contributed by atoms with E-state index in [0.29, 0.717) is 19.6 Å². The van der Waals surface area contributed by atoms with Gasteiger partial charge in [0.15, 0.2) is 0 Å². The van der Waals surface area contributed by atoms with Gasteiger partial charge in [0.2, 0.25) is 0 Å². The highest BCUT2D eigenvalue weighted by Gasteiger charge is 2.22. The first-order valence-corrected chi connectivity index (χ1v) is 8.39. The molecular formula is C17H24N4O2. The van der Waals surface area contributed by atoms with Crippen LogP contribution < -0.4 is 5.32 Å². The predicted molar refractivity (Wildman–Crippen MR) is 86.8 cm³/mol. The van der Waals surface area contributed by atoms with Crippen molar-refractivity contribution in [1.29, 1.82) is 0 Å². The molecule has 1 fully saturated rings. The fraction of sp³-hybridized carbons (Fsp3) is 0.647. The average molecular weight is 316 g/mol. The molecule has 2 amide bonds. The van der Waals surface area contributed by atoms with E-state index in [4.69, 9.17) is 11.2 Å². The van der Waals surface area contributed by atoms with Crippen LogP contribution in [0.3, 0.4) is 0 Å². The maximum absolute atomic E-state index is 12.4. The molecule has 6 nitrogen and oxygen atoms in total. The van der Waals surface area contributed by atoms with Crippen molar-refractivity contribution in [3.8, 4) is 12.3 Å². The van der Waals surface area contributed by atoms with E-state index in [9.17, 15) is 4.79 Å². The molecule has 1 atom stereocenters. The van der Waals surface area contributed by atoms with Gasteiger partial charge < -0.3 is 19.5 Å². The van der Waals surface area contributed by atoms with Crippen LogP contribution in [0.2, 0.25) is 0 Å². The zero-order valence-electron chi connectivity index (χ0n) is 13.5. The lowest BCUT2D eigenvalue weighted by Crippen LogP contribution is -2.43. The van der Waals surface area contributed by atoms with Crippen molar-refractivity contribution in [1.82, 2.24) is 19.8 Å². The van der Waals surface area contributed by atoms with Gasteiger partial charge in [-0.2, -0.15) is 0 Å². The quantitative estimate of drug-likeness (QED) is 0.838. The molecule has 2 aliphatic heterocycles. The Bertz CT molecular complexity index is 560. The molecule has 23 heavy (non-hydrogen) atoms. The molecule has 6 heteroatoms. The maximum Gasteiger partial charge on any atom is 0.318 e. The number of hydrogen-bond acceptors (Lipinski definition) is 3. The van der Waals surface area contributed by atoms with Gasteiger partial charge in [0.1, 0.15) is 5.82 Å². The van der Waals surface area contributed by atoms with Crippen molar-refractivity contribution in [3.05, 3.63) is 17.7 Å². The van der Waals surface area contributed by atoms with Gasteiger partial charge in [0.05, 0.1) is 24.9 Å². The van der Waals surface area contributed by atoms with E-state index >= 15 is 0 Å². The van der Waals surface area contributed by atoms with Gasteiger partial charge in [-0.15, -0.1) is 6.42 Å². The number of nitrogens with zero attached hydrogens (tertiary/aromatic N) is 3. The second kappa shape index (κ2) is 7.51. The number of nitrogens with one attached hydrogen (secondary N) is 1. The van der Waals surface area contributed by atoms with Crippen LogP contribution >= 0.6 is 0 Å². The summed E-state index contributed by atoms with van der Waals surface area (Å²) < 4.78 is 7.78. The Kier molecular flexibility index (Phi) is 5.19. The van der Waals surface area contributed by atoms with Crippen LogP contribution in [0.15, 0.2) is 6.20 Å². The molecule has 0 radical (unpaired) electrons. The predicted octanol–water partition coefficient (Wildman–Crippen LogP) is 1.54. The molecule has 0 bridgehead atoms. The minimum Gasteiger partial charge on any atom is -0.376 e. The van der Waals surface area contributed by atoms with Crippen molar-refractivity contribution in [2.75, 3.05) is 19.7 Å². The number of imidazole rings is 1. The molecule has 0 unspecified atom stereocenters. The largest absolute Gasteiger partial charge is 0.376 e. The molecule has 1 saturated heterocycles. The summed E-state index contributed by atoms with van der Waals surface area (Å²) in [4.78, 5) is 18.6. The summed E-state index contributed by atoms with van der Waals surface area (Å²) >= 11 is 0. The standard InChI is InChI=1S/C17H24N4O2/c1-2-8-21(13-15-6-5-10-23-15)17(22)18-11-14-12-20-9-4-3-7-16(20)19-14/h1,12,15H,3-11,13H2,(H,18,22)/t15-/m1/s1. The summed E-state index contributed by atoms with van der Waals surface area (Å²) in [6.07, 6.45) is 13.0. The Balaban J connectivity index is 1.53. The summed E-state index contributed by atoms with van der Waals surface area (Å²) in [7, 11) is 0. The van der Waals surface area contributed by atoms with Gasteiger partial charge in [-0.25, -0.2) is 9.78 Å². The first-order valence-electron chi connectivity index (χ1n) is 8.39. The highest BCUT2D eigenvalue weighted by molar-refractivity contribution is 5.74. The smallest absolute Gasteiger partial charge is 0.318 e. The molecule has 0 spiro atoms. The SMILES string of the molecule is C#CCN(C[C@H]1CCCO1)C(=O)NCc1cn2c(n1)CCCC2. The number of carbonyl (C=O) groups excluding carboxylic acids is 1. The van der Waals surface area contributed by atoms with Crippen molar-refractivity contribution in [2.24, 2.45) is 0 Å². The van der Waals surface area contributed by atoms with Crippen LogP contribution in [0.4, 0.5) is 4.79 Å². The Labute approximate surface area is 137 Å². The third-order valence-corrected chi connectivity index (χ3v) is 4.40. The van der Waals surface area contributed by atoms with Crippen LogP contribution in [0.5, 0.6) is 0 Å². The molecule has 3 heterocycles. The number of terminal acetylenes is 1. The monoisotopic (exact) mass is 316 g/mol. The van der Waals surface area contributed by atoms with Gasteiger partial charge in [0.25, 0.3) is 0 Å². The number of aryl methyl sites for hydroxylation is 2. The van der Waals surface area contributed by atoms with Crippen LogP contribution in [-0.2, 0) is 24.2 Å². The van der Waals surface area contributed by atoms with Crippen LogP contribution in [0.25, 0.3) is 0 Å². The maximum atomic E-state index is 12.4. The molecule has 2 aliphatic rings. The van der Waals surface area contributed by atoms with Gasteiger partial charge in [0, 0.05) is 32.3 Å². The third kappa shape index (κ3) is 4.05. The lowest BCUT2D eigenvalue weighted by atomic mass is 10.2. The molecule has 1 N–H and O–H groups in total. The Hall–Kier alpha value is -2.00. The second-order valence-corrected chi connectivity index (χ2v) is 6.18. The highest BCUT2D eigenvalue weighted by atomic mass is 16.5. The molecule has 0 aromatic carbocycles. The van der Waals surface area contributed by atoms with Crippen LogP contribution in [0, 0.1) is 12.3 Å². The number of amides is 2. The fourth-order valence-electron chi connectivity index (χ4n) is 3.20. The first kappa shape index (κ1) is 15.9. The molecule has 124 valence electrons. The molecule has 0 aliphatic carbocycles. The molecular weight excluding hydrogens is 292 g/mol. The van der Waals surface area contributed by atoms with E-state index in [-0.39, 0.29) is 12.1 Å². The molecule has 1 aromatic heterocycles. The zero-order chi connectivity index (χ0) is 16.1. The number of ether oxygens (including phenoxy) is 1. The van der Waals surface area contributed by atoms with Gasteiger partial charge >= 0.3 is 6.03 Å². The van der Waals surface area contributed by atoms with Crippen LogP contribution in [-0.4, -0.2) is 46.3 Å². The Morgan fingerprint density at radius 3 is 3.17 bits per heavy atom. The zero-order valence-corrected chi connectivity index (χ0v) is 13.5. The Morgan fingerprint density at radius 2 is 2.43 bits per heavy atom. The van der Waals surface area contributed by atoms with Gasteiger partial charge in [-0.1, -0.05) is 5.92 Å². The topological polar surface area (TPSA) is 59.4 Å². The van der Waals surface area contributed by atoms with Gasteiger partial charge in [-0.05, 0) is 25.7 Å². The van der Waals surface area contributed by atoms with E-state index in [2.05, 4.69) is 20.8 Å². The van der Waals surface area contributed by atoms with E-state index in [1.807, 2.05) is 6.20 Å². The first-order chi connectivity index (χ1) is 11.3. The summed E-state index contributed by atoms with van der Waals surface area (Å²) in [6.45, 7) is 3.08. The molecule has 0 saturated carbocycles. The second-order valence-electron chi connectivity index (χ2n) is 6.18. The van der Waals surface area contributed by atoms with Crippen molar-refractivity contribution >= 4 is 6.03 Å². The minimum absolute atomic E-state index is 0.106. The minimum atomic E-state index is -0.149. The highest BCUT2D eigenvalue weighted by Crippen LogP contribution is 2.15. The van der Waals surface area contributed by atoms with Crippen molar-refractivity contribution in [2.45, 2.75) is 51.3 Å². The molecule has 3 rings (SSSR count). The van der Waals surface area contributed by atoms with E-state index in [1.165, 1.54) is 12.8 Å². The van der Waals surface area contributed by atoms with Crippen LogP contribution in [0.1, 0.15) is 37.2 Å². The average Bonchev–Trinajstić information content (AvgIpc) is 3.21. The Morgan fingerprint density at radius 1 is 1.52 bits per heavy atom. The molecule has 1 aromatic rings. The van der Waals surface area contributed by atoms with E-state index in [0.717, 1.165) is 43.9 Å². The number of hydrogen-bond donors (Lipinski definition) is 1. The normalized spacial score (nSPS) is 19.9. The number of aromatic nitrogens is 2. The lowest BCUT2D eigenvalue weighted by Gasteiger charge is -2.23. The summed E-state index contributed by atoms with van der Waals surface area (Å²) in [5.74, 6) is 3.68. The van der Waals surface area contributed by atoms with Gasteiger partial charge in [-0.3, -0.25) is 0 Å². The summed E-state index contributed by atoms with van der Waals surface area (Å²) in [6, 6.07) is -0.149. The lowest BCUT2D eigenvalue weighted by molar-refractivity contribution is 0.0845. The van der Waals surface area contributed by atoms with Crippen molar-refractivity contribution in [3.63, 3.8) is 0 Å². The number of carbonyl (C=O) groups is 1. The fourth-order valence-corrected chi connectivity index (χ4v) is 3.20. The van der Waals surface area contributed by atoms with E-state index < -0.39 is 0 Å². The third-order valence-electron chi connectivity index (χ3n) is 4.40. The summed E-state index contributed by atoms with van der Waals surface area (Å²) in [5, 5.41) is 2.93. The number of urea groups is 1.